The van der Waals surface area contributed by atoms with Crippen LogP contribution in [0.15, 0.2) is 46.9 Å². The van der Waals surface area contributed by atoms with Gasteiger partial charge >= 0.3 is 5.97 Å². The molecule has 0 aliphatic carbocycles. The number of hydrogen-bond acceptors (Lipinski definition) is 2. The Morgan fingerprint density at radius 3 is 2.60 bits per heavy atom. The van der Waals surface area contributed by atoms with Gasteiger partial charge in [-0.2, -0.15) is 0 Å². The molecule has 3 rings (SSSR count). The lowest BCUT2D eigenvalue weighted by Gasteiger charge is -2.04. The number of aryl methyl sites for hydroxylation is 2. The molecule has 0 aliphatic heterocycles. The van der Waals surface area contributed by atoms with Crippen molar-refractivity contribution >= 4 is 16.9 Å². The predicted molar refractivity (Wildman–Crippen MR) is 78.1 cm³/mol. The lowest BCUT2D eigenvalue weighted by Crippen LogP contribution is -1.99. The van der Waals surface area contributed by atoms with E-state index in [-0.39, 0.29) is 5.56 Å². The summed E-state index contributed by atoms with van der Waals surface area (Å²) in [6.07, 6.45) is 0. The zero-order valence-corrected chi connectivity index (χ0v) is 11.3. The minimum atomic E-state index is -0.944. The van der Waals surface area contributed by atoms with Gasteiger partial charge in [-0.15, -0.1) is 0 Å². The second-order valence-electron chi connectivity index (χ2n) is 4.96. The number of hydrogen-bond donors (Lipinski definition) is 1. The number of carboxylic acid groups (broad SMARTS) is 1. The maximum atomic E-state index is 11.4. The van der Waals surface area contributed by atoms with Gasteiger partial charge < -0.3 is 9.52 Å². The molecule has 1 aromatic heterocycles. The molecular formula is C17H14O3. The molecule has 0 spiro atoms. The molecule has 20 heavy (non-hydrogen) atoms. The predicted octanol–water partition coefficient (Wildman–Crippen LogP) is 4.41. The van der Waals surface area contributed by atoms with E-state index in [2.05, 4.69) is 0 Å². The molecule has 3 aromatic rings. The molecule has 1 heterocycles. The number of benzene rings is 2. The number of furan rings is 1. The van der Waals surface area contributed by atoms with E-state index in [0.29, 0.717) is 11.3 Å². The average Bonchev–Trinajstić information content (AvgIpc) is 2.84. The highest BCUT2D eigenvalue weighted by Crippen LogP contribution is 2.32. The fourth-order valence-corrected chi connectivity index (χ4v) is 2.39. The summed E-state index contributed by atoms with van der Waals surface area (Å²) < 4.78 is 5.85. The van der Waals surface area contributed by atoms with E-state index >= 15 is 0 Å². The van der Waals surface area contributed by atoms with Gasteiger partial charge in [-0.1, -0.05) is 35.9 Å². The van der Waals surface area contributed by atoms with Gasteiger partial charge in [0.1, 0.15) is 11.3 Å². The standard InChI is InChI=1S/C17H14O3/c1-10-6-7-13(14(8-10)17(18)19)15-9-12-5-3-4-11(2)16(12)20-15/h3-9H,1-2H3,(H,18,19). The molecule has 0 fully saturated rings. The first kappa shape index (κ1) is 12.5. The van der Waals surface area contributed by atoms with Crippen LogP contribution in [-0.2, 0) is 0 Å². The van der Waals surface area contributed by atoms with E-state index in [1.165, 1.54) is 0 Å². The number of fused-ring (bicyclic) bond motifs is 1. The van der Waals surface area contributed by atoms with E-state index in [1.807, 2.05) is 44.2 Å². The Bertz CT molecular complexity index is 812. The van der Waals surface area contributed by atoms with Crippen molar-refractivity contribution in [2.45, 2.75) is 13.8 Å². The Kier molecular flexibility index (Phi) is 2.83. The van der Waals surface area contributed by atoms with Crippen LogP contribution in [0.5, 0.6) is 0 Å². The zero-order chi connectivity index (χ0) is 14.3. The normalized spacial score (nSPS) is 10.9. The highest BCUT2D eigenvalue weighted by Gasteiger charge is 2.15. The molecule has 3 nitrogen and oxygen atoms in total. The van der Waals surface area contributed by atoms with Crippen LogP contribution in [0, 0.1) is 13.8 Å². The van der Waals surface area contributed by atoms with Gasteiger partial charge in [-0.25, -0.2) is 4.79 Å². The Labute approximate surface area is 116 Å². The van der Waals surface area contributed by atoms with Crippen LogP contribution in [0.1, 0.15) is 21.5 Å². The maximum absolute atomic E-state index is 11.4. The summed E-state index contributed by atoms with van der Waals surface area (Å²) in [4.78, 5) is 11.4. The summed E-state index contributed by atoms with van der Waals surface area (Å²) in [5.74, 6) is -0.354. The van der Waals surface area contributed by atoms with Crippen LogP contribution in [-0.4, -0.2) is 11.1 Å². The Balaban J connectivity index is 2.25. The van der Waals surface area contributed by atoms with Gasteiger partial charge in [0.2, 0.25) is 0 Å². The smallest absolute Gasteiger partial charge is 0.336 e. The van der Waals surface area contributed by atoms with E-state index in [0.717, 1.165) is 22.1 Å². The van der Waals surface area contributed by atoms with Gasteiger partial charge in [-0.3, -0.25) is 0 Å². The van der Waals surface area contributed by atoms with Crippen molar-refractivity contribution in [3.05, 3.63) is 59.2 Å². The number of carboxylic acids is 1. The van der Waals surface area contributed by atoms with Gasteiger partial charge in [-0.05, 0) is 31.5 Å². The quantitative estimate of drug-likeness (QED) is 0.747. The number of carbonyl (C=O) groups is 1. The summed E-state index contributed by atoms with van der Waals surface area (Å²) in [6, 6.07) is 13.1. The van der Waals surface area contributed by atoms with E-state index in [4.69, 9.17) is 4.42 Å². The molecule has 3 heteroatoms. The number of aromatic carboxylic acids is 1. The van der Waals surface area contributed by atoms with Crippen molar-refractivity contribution in [3.8, 4) is 11.3 Å². The fourth-order valence-electron chi connectivity index (χ4n) is 2.39. The molecule has 0 saturated heterocycles. The topological polar surface area (TPSA) is 50.4 Å². The third kappa shape index (κ3) is 1.97. The summed E-state index contributed by atoms with van der Waals surface area (Å²) >= 11 is 0. The first-order chi connectivity index (χ1) is 9.56. The average molecular weight is 266 g/mol. The van der Waals surface area contributed by atoms with Crippen LogP contribution in [0.4, 0.5) is 0 Å². The third-order valence-electron chi connectivity index (χ3n) is 3.41. The van der Waals surface area contributed by atoms with Crippen molar-refractivity contribution in [1.29, 1.82) is 0 Å². The van der Waals surface area contributed by atoms with Crippen LogP contribution >= 0.6 is 0 Å². The van der Waals surface area contributed by atoms with Crippen molar-refractivity contribution in [2.75, 3.05) is 0 Å². The van der Waals surface area contributed by atoms with Crippen LogP contribution in [0.2, 0.25) is 0 Å². The molecule has 0 saturated carbocycles. The second-order valence-corrected chi connectivity index (χ2v) is 4.96. The van der Waals surface area contributed by atoms with Crippen LogP contribution in [0.3, 0.4) is 0 Å². The highest BCUT2D eigenvalue weighted by molar-refractivity contribution is 5.97. The SMILES string of the molecule is Cc1ccc(-c2cc3cccc(C)c3o2)c(C(=O)O)c1. The first-order valence-electron chi connectivity index (χ1n) is 6.40. The Morgan fingerprint density at radius 2 is 1.90 bits per heavy atom. The molecule has 1 N–H and O–H groups in total. The van der Waals surface area contributed by atoms with Crippen molar-refractivity contribution < 1.29 is 14.3 Å². The fraction of sp³-hybridized carbons (Fsp3) is 0.118. The second kappa shape index (κ2) is 4.53. The molecule has 0 radical (unpaired) electrons. The van der Waals surface area contributed by atoms with Gasteiger partial charge in [0.05, 0.1) is 5.56 Å². The lowest BCUT2D eigenvalue weighted by molar-refractivity contribution is 0.0697. The van der Waals surface area contributed by atoms with Gasteiger partial charge in [0, 0.05) is 10.9 Å². The molecule has 100 valence electrons. The minimum absolute atomic E-state index is 0.265. The van der Waals surface area contributed by atoms with Crippen molar-refractivity contribution in [1.82, 2.24) is 0 Å². The van der Waals surface area contributed by atoms with Crippen molar-refractivity contribution in [2.24, 2.45) is 0 Å². The Morgan fingerprint density at radius 1 is 1.10 bits per heavy atom. The zero-order valence-electron chi connectivity index (χ0n) is 11.3. The maximum Gasteiger partial charge on any atom is 0.336 e. The molecule has 0 amide bonds. The number of rotatable bonds is 2. The molecular weight excluding hydrogens is 252 g/mol. The van der Waals surface area contributed by atoms with Crippen molar-refractivity contribution in [3.63, 3.8) is 0 Å². The van der Waals surface area contributed by atoms with Crippen LogP contribution < -0.4 is 0 Å². The Hall–Kier alpha value is -2.55. The number of para-hydroxylation sites is 1. The summed E-state index contributed by atoms with van der Waals surface area (Å²) in [5.41, 5.74) is 3.64. The molecule has 0 atom stereocenters. The van der Waals surface area contributed by atoms with Gasteiger partial charge in [0.15, 0.2) is 0 Å². The minimum Gasteiger partial charge on any atom is -0.478 e. The van der Waals surface area contributed by atoms with E-state index in [1.54, 1.807) is 12.1 Å². The van der Waals surface area contributed by atoms with Crippen LogP contribution in [0.25, 0.3) is 22.3 Å². The summed E-state index contributed by atoms with van der Waals surface area (Å²) in [5, 5.41) is 10.3. The largest absolute Gasteiger partial charge is 0.478 e. The monoisotopic (exact) mass is 266 g/mol. The molecule has 0 unspecified atom stereocenters. The van der Waals surface area contributed by atoms with Gasteiger partial charge in [0.25, 0.3) is 0 Å². The van der Waals surface area contributed by atoms with E-state index in [9.17, 15) is 9.90 Å². The molecule has 0 bridgehead atoms. The molecule has 2 aromatic carbocycles. The summed E-state index contributed by atoms with van der Waals surface area (Å²) in [7, 11) is 0. The summed E-state index contributed by atoms with van der Waals surface area (Å²) in [6.45, 7) is 3.85. The third-order valence-corrected chi connectivity index (χ3v) is 3.41. The molecule has 0 aliphatic rings. The first-order valence-corrected chi connectivity index (χ1v) is 6.40. The lowest BCUT2D eigenvalue weighted by atomic mass is 10.0. The highest BCUT2D eigenvalue weighted by atomic mass is 16.4. The van der Waals surface area contributed by atoms with E-state index < -0.39 is 5.97 Å².